The Labute approximate surface area is 125 Å². The molecule has 0 bridgehead atoms. The van der Waals surface area contributed by atoms with E-state index in [2.05, 4.69) is 73.2 Å². The highest BCUT2D eigenvalue weighted by Gasteiger charge is 2.08. The van der Waals surface area contributed by atoms with Crippen LogP contribution in [0.3, 0.4) is 0 Å². The number of benzene rings is 2. The molecule has 0 spiro atoms. The van der Waals surface area contributed by atoms with Gasteiger partial charge in [-0.05, 0) is 36.3 Å². The van der Waals surface area contributed by atoms with Gasteiger partial charge in [-0.1, -0.05) is 55.7 Å². The number of hydrogen-bond acceptors (Lipinski definition) is 0. The molecule has 1 aromatic heterocycles. The molecule has 0 aliphatic rings. The number of nitrogens with zero attached hydrogens (tertiary/aromatic N) is 1. The van der Waals surface area contributed by atoms with Gasteiger partial charge >= 0.3 is 0 Å². The van der Waals surface area contributed by atoms with Crippen LogP contribution in [0.15, 0.2) is 73.3 Å². The second-order valence-corrected chi connectivity index (χ2v) is 5.15. The van der Waals surface area contributed by atoms with Gasteiger partial charge in [0.15, 0.2) is 0 Å². The lowest BCUT2D eigenvalue weighted by atomic mass is 10.1. The number of aryl methyl sites for hydroxylation is 1. The first-order valence-corrected chi connectivity index (χ1v) is 7.25. The van der Waals surface area contributed by atoms with E-state index < -0.39 is 0 Å². The highest BCUT2D eigenvalue weighted by Crippen LogP contribution is 2.29. The Morgan fingerprint density at radius 3 is 2.62 bits per heavy atom. The second kappa shape index (κ2) is 5.45. The highest BCUT2D eigenvalue weighted by atomic mass is 15.0. The summed E-state index contributed by atoms with van der Waals surface area (Å²) in [6, 6.07) is 15.2. The summed E-state index contributed by atoms with van der Waals surface area (Å²) in [5, 5.41) is 2.62. The molecular formula is C20H19N. The molecule has 104 valence electrons. The van der Waals surface area contributed by atoms with E-state index in [0.717, 1.165) is 12.1 Å². The summed E-state index contributed by atoms with van der Waals surface area (Å²) in [5.74, 6) is 0. The maximum absolute atomic E-state index is 3.91. The molecule has 0 saturated carbocycles. The van der Waals surface area contributed by atoms with Gasteiger partial charge in [-0.3, -0.25) is 0 Å². The van der Waals surface area contributed by atoms with Gasteiger partial charge < -0.3 is 4.57 Å². The lowest BCUT2D eigenvalue weighted by Gasteiger charge is -2.02. The molecule has 0 aliphatic carbocycles. The third-order valence-electron chi connectivity index (χ3n) is 3.86. The zero-order chi connectivity index (χ0) is 14.8. The molecule has 0 saturated heterocycles. The molecule has 21 heavy (non-hydrogen) atoms. The van der Waals surface area contributed by atoms with Gasteiger partial charge in [-0.2, -0.15) is 0 Å². The fourth-order valence-corrected chi connectivity index (χ4v) is 2.79. The molecular weight excluding hydrogens is 254 g/mol. The first-order chi connectivity index (χ1) is 10.2. The van der Waals surface area contributed by atoms with E-state index in [1.807, 2.05) is 6.08 Å². The van der Waals surface area contributed by atoms with Gasteiger partial charge in [0.2, 0.25) is 0 Å². The molecule has 2 aromatic carbocycles. The Morgan fingerprint density at radius 1 is 1.10 bits per heavy atom. The molecule has 0 amide bonds. The molecule has 0 aliphatic heterocycles. The van der Waals surface area contributed by atoms with Crippen LogP contribution in [0.25, 0.3) is 27.9 Å². The van der Waals surface area contributed by atoms with Crippen LogP contribution in [0.1, 0.15) is 12.5 Å². The summed E-state index contributed by atoms with van der Waals surface area (Å²) in [7, 11) is 0. The van der Waals surface area contributed by atoms with Crippen molar-refractivity contribution in [1.29, 1.82) is 0 Å². The third-order valence-corrected chi connectivity index (χ3v) is 3.86. The largest absolute Gasteiger partial charge is 0.341 e. The molecule has 0 radical (unpaired) electrons. The molecule has 1 heteroatoms. The third kappa shape index (κ3) is 2.31. The number of allylic oxidation sites excluding steroid dienone is 3. The molecule has 0 fully saturated rings. The van der Waals surface area contributed by atoms with Crippen LogP contribution in [0.2, 0.25) is 0 Å². The Bertz CT molecular complexity index is 862. The lowest BCUT2D eigenvalue weighted by Crippen LogP contribution is -1.92. The summed E-state index contributed by atoms with van der Waals surface area (Å²) in [4.78, 5) is 0. The average molecular weight is 273 g/mol. The molecule has 0 unspecified atom stereocenters. The van der Waals surface area contributed by atoms with Gasteiger partial charge in [0.25, 0.3) is 0 Å². The van der Waals surface area contributed by atoms with Gasteiger partial charge in [0.1, 0.15) is 0 Å². The minimum absolute atomic E-state index is 0.922. The zero-order valence-corrected chi connectivity index (χ0v) is 12.3. The van der Waals surface area contributed by atoms with Gasteiger partial charge in [0.05, 0.1) is 0 Å². The predicted molar refractivity (Wildman–Crippen MR) is 93.5 cm³/mol. The van der Waals surface area contributed by atoms with Crippen molar-refractivity contribution in [3.05, 3.63) is 78.9 Å². The molecule has 3 rings (SSSR count). The highest BCUT2D eigenvalue weighted by molar-refractivity contribution is 6.08. The van der Waals surface area contributed by atoms with Crippen molar-refractivity contribution in [3.8, 4) is 0 Å². The Kier molecular flexibility index (Phi) is 3.49. The van der Waals surface area contributed by atoms with Crippen LogP contribution >= 0.6 is 0 Å². The van der Waals surface area contributed by atoms with Crippen LogP contribution < -0.4 is 0 Å². The summed E-state index contributed by atoms with van der Waals surface area (Å²) >= 11 is 0. The van der Waals surface area contributed by atoms with Crippen molar-refractivity contribution >= 4 is 27.9 Å². The zero-order valence-electron chi connectivity index (χ0n) is 12.3. The van der Waals surface area contributed by atoms with Gasteiger partial charge in [0, 0.05) is 28.4 Å². The van der Waals surface area contributed by atoms with Crippen molar-refractivity contribution in [3.63, 3.8) is 0 Å². The van der Waals surface area contributed by atoms with Crippen LogP contribution in [0, 0.1) is 0 Å². The Balaban J connectivity index is 2.22. The fraction of sp³-hybridized carbons (Fsp3) is 0.100. The van der Waals surface area contributed by atoms with E-state index >= 15 is 0 Å². The quantitative estimate of drug-likeness (QED) is 0.548. The normalized spacial score (nSPS) is 11.5. The molecule has 0 N–H and O–H groups in total. The smallest absolute Gasteiger partial charge is 0.0491 e. The summed E-state index contributed by atoms with van der Waals surface area (Å²) in [6.07, 6.45) is 5.84. The molecule has 3 aromatic rings. The summed E-state index contributed by atoms with van der Waals surface area (Å²) < 4.78 is 2.36. The van der Waals surface area contributed by atoms with Crippen LogP contribution in [-0.2, 0) is 6.54 Å². The van der Waals surface area contributed by atoms with Crippen LogP contribution in [0.4, 0.5) is 0 Å². The lowest BCUT2D eigenvalue weighted by molar-refractivity contribution is 0.827. The minimum Gasteiger partial charge on any atom is -0.341 e. The minimum atomic E-state index is 0.922. The van der Waals surface area contributed by atoms with Crippen molar-refractivity contribution in [1.82, 2.24) is 4.57 Å². The monoisotopic (exact) mass is 273 g/mol. The van der Waals surface area contributed by atoms with E-state index in [4.69, 9.17) is 0 Å². The standard InChI is InChI=1S/C20H19N/c1-4-15(3)10-11-16-12-13-20-18(14-16)17-8-6-7-9-19(17)21(20)5-2/h4,6-14H,1,3,5H2,2H3/b11-10+. The van der Waals surface area contributed by atoms with E-state index in [9.17, 15) is 0 Å². The van der Waals surface area contributed by atoms with E-state index in [0.29, 0.717) is 0 Å². The maximum Gasteiger partial charge on any atom is 0.0491 e. The van der Waals surface area contributed by atoms with Crippen molar-refractivity contribution < 1.29 is 0 Å². The van der Waals surface area contributed by atoms with Crippen molar-refractivity contribution in [2.24, 2.45) is 0 Å². The number of hydrogen-bond donors (Lipinski definition) is 0. The molecule has 1 heterocycles. The maximum atomic E-state index is 3.91. The number of fused-ring (bicyclic) bond motifs is 3. The van der Waals surface area contributed by atoms with Crippen LogP contribution in [-0.4, -0.2) is 4.57 Å². The number of rotatable bonds is 4. The van der Waals surface area contributed by atoms with Crippen molar-refractivity contribution in [2.75, 3.05) is 0 Å². The number of aromatic nitrogens is 1. The molecule has 0 atom stereocenters. The number of para-hydroxylation sites is 1. The summed E-state index contributed by atoms with van der Waals surface area (Å²) in [5.41, 5.74) is 4.70. The van der Waals surface area contributed by atoms with Crippen molar-refractivity contribution in [2.45, 2.75) is 13.5 Å². The SMILES string of the molecule is C=CC(=C)/C=C/c1ccc2c(c1)c1ccccc1n2CC. The molecule has 1 nitrogen and oxygen atoms in total. The average Bonchev–Trinajstić information content (AvgIpc) is 2.85. The Morgan fingerprint density at radius 2 is 1.86 bits per heavy atom. The van der Waals surface area contributed by atoms with E-state index in [1.54, 1.807) is 6.08 Å². The van der Waals surface area contributed by atoms with Gasteiger partial charge in [-0.25, -0.2) is 0 Å². The van der Waals surface area contributed by atoms with E-state index in [1.165, 1.54) is 27.4 Å². The Hall–Kier alpha value is -2.54. The predicted octanol–water partition coefficient (Wildman–Crippen LogP) is 5.57. The second-order valence-electron chi connectivity index (χ2n) is 5.15. The summed E-state index contributed by atoms with van der Waals surface area (Å²) in [6.45, 7) is 10.8. The topological polar surface area (TPSA) is 4.93 Å². The van der Waals surface area contributed by atoms with Crippen LogP contribution in [0.5, 0.6) is 0 Å². The van der Waals surface area contributed by atoms with E-state index in [-0.39, 0.29) is 0 Å². The fourth-order valence-electron chi connectivity index (χ4n) is 2.79. The first-order valence-electron chi connectivity index (χ1n) is 7.25. The van der Waals surface area contributed by atoms with Gasteiger partial charge in [-0.15, -0.1) is 0 Å². The first kappa shape index (κ1) is 13.4.